The fraction of sp³-hybridized carbons (Fsp3) is 0.500. The fourth-order valence-electron chi connectivity index (χ4n) is 1.13. The van der Waals surface area contributed by atoms with Gasteiger partial charge < -0.3 is 35.7 Å². The van der Waals surface area contributed by atoms with Gasteiger partial charge in [0.05, 0.1) is 44.9 Å². The number of rotatable bonds is 14. The molecule has 0 fully saturated rings. The average Bonchev–Trinajstić information content (AvgIpc) is 2.88. The summed E-state index contributed by atoms with van der Waals surface area (Å²) in [6, 6.07) is 0. The van der Waals surface area contributed by atoms with Gasteiger partial charge in [0.1, 0.15) is 0 Å². The third-order valence-corrected chi connectivity index (χ3v) is 3.28. The predicted octanol–water partition coefficient (Wildman–Crippen LogP) is -0.0686. The molecule has 0 saturated heterocycles. The Morgan fingerprint density at radius 3 is 0.944 bits per heavy atom. The van der Waals surface area contributed by atoms with Crippen molar-refractivity contribution in [2.75, 3.05) is 39.5 Å². The molecule has 7 N–H and O–H groups in total. The minimum Gasteiger partial charge on any atom is -0.478 e. The highest BCUT2D eigenvalue weighted by Gasteiger charge is 2.26. The summed E-state index contributed by atoms with van der Waals surface area (Å²) in [6.07, 6.45) is 9.30. The zero-order valence-electron chi connectivity index (χ0n) is 20.0. The lowest BCUT2D eigenvalue weighted by molar-refractivity contribution is -0.132. The van der Waals surface area contributed by atoms with Crippen LogP contribution in [0, 0.1) is 5.41 Å². The molecule has 0 aromatic heterocycles. The monoisotopic (exact) mass is 520 g/mol. The summed E-state index contributed by atoms with van der Waals surface area (Å²) in [6.45, 7) is 8.37. The van der Waals surface area contributed by atoms with Crippen molar-refractivity contribution in [2.45, 2.75) is 25.7 Å². The molecule has 0 bridgehead atoms. The molecule has 0 aliphatic heterocycles. The second-order valence-electron chi connectivity index (χ2n) is 6.12. The smallest absolute Gasteiger partial charge is 0.327 e. The van der Waals surface area contributed by atoms with E-state index in [9.17, 15) is 24.0 Å². The average molecular weight is 521 g/mol. The minimum absolute atomic E-state index is 0.406. The quantitative estimate of drug-likeness (QED) is 0.0687. The Kier molecular flexibility index (Phi) is 42.2. The second kappa shape index (κ2) is 35.8. The molecular weight excluding hydrogens is 484 g/mol. The van der Waals surface area contributed by atoms with E-state index in [1.165, 1.54) is 12.2 Å². The molecule has 0 heterocycles. The van der Waals surface area contributed by atoms with E-state index in [4.69, 9.17) is 35.7 Å². The van der Waals surface area contributed by atoms with Gasteiger partial charge in [-0.2, -0.15) is 0 Å². The molecule has 0 aromatic rings. The summed E-state index contributed by atoms with van der Waals surface area (Å²) < 4.78 is 0. The van der Waals surface area contributed by atoms with Crippen molar-refractivity contribution in [1.29, 1.82) is 0 Å². The Morgan fingerprint density at radius 2 is 0.833 bits per heavy atom. The SMILES string of the molecule is C=CC(=O)O.C=CC(=O)O.C=CC(=O)O.O=C=NCCCCCCN=C=O.OCC(CO)(CO)CO. The minimum atomic E-state index is -1.11. The van der Waals surface area contributed by atoms with E-state index in [0.29, 0.717) is 13.1 Å². The lowest BCUT2D eigenvalue weighted by Crippen LogP contribution is -2.37. The van der Waals surface area contributed by atoms with Gasteiger partial charge >= 0.3 is 17.9 Å². The van der Waals surface area contributed by atoms with Crippen molar-refractivity contribution in [3.63, 3.8) is 0 Å². The van der Waals surface area contributed by atoms with Crippen molar-refractivity contribution in [2.24, 2.45) is 15.4 Å². The Hall–Kier alpha value is -3.77. The summed E-state index contributed by atoms with van der Waals surface area (Å²) in [5, 5.41) is 56.8. The van der Waals surface area contributed by atoms with E-state index in [1.807, 2.05) is 0 Å². The van der Waals surface area contributed by atoms with Crippen molar-refractivity contribution < 1.29 is 59.7 Å². The van der Waals surface area contributed by atoms with Crippen LogP contribution in [0.3, 0.4) is 0 Å². The number of aliphatic hydroxyl groups excluding tert-OH is 4. The number of isocyanates is 2. The highest BCUT2D eigenvalue weighted by Crippen LogP contribution is 2.11. The molecule has 14 heteroatoms. The van der Waals surface area contributed by atoms with E-state index in [1.54, 1.807) is 0 Å². The second-order valence-corrected chi connectivity index (χ2v) is 6.12. The van der Waals surface area contributed by atoms with Crippen LogP contribution in [0.1, 0.15) is 25.7 Å². The van der Waals surface area contributed by atoms with Crippen LogP contribution in [0.5, 0.6) is 0 Å². The molecule has 0 atom stereocenters. The van der Waals surface area contributed by atoms with Crippen LogP contribution >= 0.6 is 0 Å². The first-order chi connectivity index (χ1) is 17.0. The number of carbonyl (C=O) groups excluding carboxylic acids is 2. The molecule has 14 nitrogen and oxygen atoms in total. The summed E-state index contributed by atoms with van der Waals surface area (Å²) in [5.74, 6) is -2.94. The Morgan fingerprint density at radius 1 is 0.611 bits per heavy atom. The van der Waals surface area contributed by atoms with Crippen molar-refractivity contribution >= 4 is 30.1 Å². The van der Waals surface area contributed by atoms with E-state index >= 15 is 0 Å². The maximum absolute atomic E-state index is 9.63. The standard InChI is InChI=1S/C8H12N2O2.C5H12O4.3C3H4O2/c11-7-9-5-3-1-2-4-6-10-8-12;6-1-5(2-7,3-8)4-9;3*1-2-3(4)5/h1-6H2;6-9H,1-4H2;3*2H,1H2,(H,4,5). The van der Waals surface area contributed by atoms with Gasteiger partial charge in [-0.05, 0) is 12.8 Å². The summed E-state index contributed by atoms with van der Waals surface area (Å²) in [4.78, 5) is 53.8. The van der Waals surface area contributed by atoms with Crippen LogP contribution in [0.25, 0.3) is 0 Å². The summed E-state index contributed by atoms with van der Waals surface area (Å²) in [5.41, 5.74) is -1.11. The van der Waals surface area contributed by atoms with Gasteiger partial charge in [0, 0.05) is 18.2 Å². The lowest BCUT2D eigenvalue weighted by atomic mass is 9.93. The van der Waals surface area contributed by atoms with Gasteiger partial charge in [-0.3, -0.25) is 0 Å². The van der Waals surface area contributed by atoms with Gasteiger partial charge in [-0.25, -0.2) is 34.0 Å². The number of hydrogen-bond acceptors (Lipinski definition) is 11. The molecule has 0 aromatic carbocycles. The van der Waals surface area contributed by atoms with Crippen LogP contribution < -0.4 is 0 Å². The Bertz CT molecular complexity index is 611. The van der Waals surface area contributed by atoms with Gasteiger partial charge in [0.15, 0.2) is 0 Å². The Labute approximate surface area is 209 Å². The molecule has 0 spiro atoms. The van der Waals surface area contributed by atoms with Gasteiger partial charge in [-0.1, -0.05) is 32.6 Å². The molecule has 36 heavy (non-hydrogen) atoms. The predicted molar refractivity (Wildman–Crippen MR) is 129 cm³/mol. The van der Waals surface area contributed by atoms with Crippen molar-refractivity contribution in [3.8, 4) is 0 Å². The maximum atomic E-state index is 9.63. The summed E-state index contributed by atoms with van der Waals surface area (Å²) >= 11 is 0. The van der Waals surface area contributed by atoms with Gasteiger partial charge in [0.25, 0.3) is 0 Å². The zero-order chi connectivity index (χ0) is 29.3. The summed E-state index contributed by atoms with van der Waals surface area (Å²) in [7, 11) is 0. The molecule has 206 valence electrons. The van der Waals surface area contributed by atoms with Crippen LogP contribution in [-0.4, -0.2) is 105 Å². The Balaban J connectivity index is -0.000000118. The number of nitrogens with zero attached hydrogens (tertiary/aromatic N) is 2. The van der Waals surface area contributed by atoms with Gasteiger partial charge in [0.2, 0.25) is 12.2 Å². The molecule has 0 radical (unpaired) electrons. The van der Waals surface area contributed by atoms with Crippen molar-refractivity contribution in [1.82, 2.24) is 0 Å². The molecule has 0 rings (SSSR count). The topological polar surface area (TPSA) is 252 Å². The van der Waals surface area contributed by atoms with E-state index in [0.717, 1.165) is 43.9 Å². The maximum Gasteiger partial charge on any atom is 0.327 e. The van der Waals surface area contributed by atoms with E-state index < -0.39 is 49.8 Å². The molecular formula is C22H36N2O12. The highest BCUT2D eigenvalue weighted by molar-refractivity contribution is 5.79. The first-order valence-electron chi connectivity index (χ1n) is 10.0. The zero-order valence-corrected chi connectivity index (χ0v) is 20.0. The normalized spacial score (nSPS) is 8.44. The van der Waals surface area contributed by atoms with Gasteiger partial charge in [-0.15, -0.1) is 0 Å². The lowest BCUT2D eigenvalue weighted by Gasteiger charge is -2.23. The number of hydrogen-bond donors (Lipinski definition) is 7. The highest BCUT2D eigenvalue weighted by atomic mass is 16.4. The molecule has 0 aliphatic rings. The van der Waals surface area contributed by atoms with Crippen molar-refractivity contribution in [3.05, 3.63) is 38.0 Å². The van der Waals surface area contributed by atoms with Crippen LogP contribution in [0.4, 0.5) is 0 Å². The van der Waals surface area contributed by atoms with Crippen LogP contribution in [0.15, 0.2) is 47.9 Å². The third-order valence-electron chi connectivity index (χ3n) is 3.28. The number of carboxylic acids is 3. The number of aliphatic hydroxyl groups is 4. The molecule has 0 amide bonds. The molecule has 0 saturated carbocycles. The first kappa shape index (κ1) is 42.4. The number of unbranched alkanes of at least 4 members (excludes halogenated alkanes) is 3. The van der Waals surface area contributed by atoms with E-state index in [2.05, 4.69) is 29.7 Å². The third kappa shape index (κ3) is 47.9. The number of carbonyl (C=O) groups is 3. The number of carboxylic acid groups (broad SMARTS) is 3. The fourth-order valence-corrected chi connectivity index (χ4v) is 1.13. The molecule has 0 unspecified atom stereocenters. The first-order valence-corrected chi connectivity index (χ1v) is 10.0. The number of aliphatic imine (C=N–C) groups is 2. The van der Waals surface area contributed by atoms with Crippen LogP contribution in [0.2, 0.25) is 0 Å². The molecule has 0 aliphatic carbocycles. The number of aliphatic carboxylic acids is 3. The largest absolute Gasteiger partial charge is 0.478 e. The van der Waals surface area contributed by atoms with E-state index in [-0.39, 0.29) is 0 Å². The van der Waals surface area contributed by atoms with Crippen LogP contribution in [-0.2, 0) is 24.0 Å².